The monoisotopic (exact) mass is 900 g/mol. The minimum atomic E-state index is -0.196. The average molecular weight is 900 g/mol. The summed E-state index contributed by atoms with van der Waals surface area (Å²) >= 11 is 0. The van der Waals surface area contributed by atoms with E-state index in [0.717, 1.165) is 156 Å². The number of fused-ring (bicyclic) bond motifs is 2. The number of piperazine rings is 2. The molecule has 2 unspecified atom stereocenters. The van der Waals surface area contributed by atoms with Gasteiger partial charge < -0.3 is 30.4 Å². The molecule has 3 aromatic heterocycles. The van der Waals surface area contributed by atoms with Crippen LogP contribution in [0, 0.1) is 5.92 Å². The lowest BCUT2D eigenvalue weighted by atomic mass is 9.92. The second-order valence-electron chi connectivity index (χ2n) is 19.9. The number of amides is 2. The number of hydrogen-bond donors (Lipinski definition) is 4. The minimum Gasteiger partial charge on any atom is -0.374 e. The zero-order valence-corrected chi connectivity index (χ0v) is 38.9. The summed E-state index contributed by atoms with van der Waals surface area (Å²) < 4.78 is 2.11. The van der Waals surface area contributed by atoms with Gasteiger partial charge in [0.15, 0.2) is 0 Å². The SMILES string of the molecule is CNC(=O)C1=CCC(N2CCN([C@@H]3CC[C@@H](c4cc5c(c(=O)[nH]4)CC(CNC(=O)c4ccc(N6CCN([C@H]7CC[C@@H](c8cc9c(c(=O)[nH]8)CCC=[N+]9C)C7)CC6)cn4)CN5C)C3)CC2)C=N1. The molecule has 4 N–H and O–H groups in total. The molecule has 4 fully saturated rings. The van der Waals surface area contributed by atoms with Gasteiger partial charge >= 0.3 is 0 Å². The molecule has 0 spiro atoms. The first kappa shape index (κ1) is 44.4. The summed E-state index contributed by atoms with van der Waals surface area (Å²) in [6.45, 7) is 8.96. The Labute approximate surface area is 387 Å². The van der Waals surface area contributed by atoms with Crippen molar-refractivity contribution in [2.75, 3.05) is 96.4 Å². The Hall–Kier alpha value is -5.45. The quantitative estimate of drug-likeness (QED) is 0.222. The van der Waals surface area contributed by atoms with Crippen LogP contribution in [-0.2, 0) is 17.6 Å². The van der Waals surface area contributed by atoms with E-state index in [4.69, 9.17) is 0 Å². The van der Waals surface area contributed by atoms with Crippen molar-refractivity contribution in [2.45, 2.75) is 94.2 Å². The third-order valence-corrected chi connectivity index (χ3v) is 16.0. The van der Waals surface area contributed by atoms with E-state index < -0.39 is 0 Å². The van der Waals surface area contributed by atoms with Crippen LogP contribution in [-0.4, -0.2) is 163 Å². The Bertz CT molecular complexity index is 2510. The second-order valence-corrected chi connectivity index (χ2v) is 19.9. The summed E-state index contributed by atoms with van der Waals surface area (Å²) in [5.41, 5.74) is 7.91. The molecule has 10 rings (SSSR count). The number of aromatic nitrogens is 3. The van der Waals surface area contributed by atoms with E-state index in [1.165, 1.54) is 0 Å². The predicted octanol–water partition coefficient (Wildman–Crippen LogP) is 2.97. The standard InChI is InChI=1S/C50H66N12O4/c1-51-49(65)41-12-10-37(29-52-41)61-19-15-60(16-20-61)36-9-7-34(25-36)44-27-46-40(48(64)56-44)23-32(31-58(46)3)28-54-50(66)42-13-11-38(30-53-42)62-21-17-59(18-22-62)35-8-6-33(24-35)43-26-45-39(47(63)55-43)5-4-14-57(45)2/h11-14,26-27,29-30,32-37H,4-10,15-25,28,31H2,1-3H3,(H3-,51,54,55,56,63,64,65,66)/p+1/t32?,33-,34-,35+,36-,37?/m1/s1. The van der Waals surface area contributed by atoms with Gasteiger partial charge in [0.2, 0.25) is 5.69 Å². The molecule has 0 radical (unpaired) electrons. The maximum Gasteiger partial charge on any atom is 0.269 e. The predicted molar refractivity (Wildman–Crippen MR) is 258 cm³/mol. The molecule has 0 aromatic carbocycles. The van der Waals surface area contributed by atoms with Crippen molar-refractivity contribution in [1.82, 2.24) is 40.3 Å². The number of pyridine rings is 3. The van der Waals surface area contributed by atoms with Gasteiger partial charge in [-0.15, -0.1) is 0 Å². The van der Waals surface area contributed by atoms with E-state index >= 15 is 0 Å². The Balaban J connectivity index is 0.667. The summed E-state index contributed by atoms with van der Waals surface area (Å²) in [6, 6.07) is 9.52. The zero-order chi connectivity index (χ0) is 45.5. The molecule has 16 heteroatoms. The number of carbonyl (C=O) groups is 2. The summed E-state index contributed by atoms with van der Waals surface area (Å²) in [6.07, 6.45) is 17.5. The molecule has 0 bridgehead atoms. The van der Waals surface area contributed by atoms with E-state index in [0.29, 0.717) is 48.3 Å². The lowest BCUT2D eigenvalue weighted by molar-refractivity contribution is -0.403. The van der Waals surface area contributed by atoms with Gasteiger partial charge in [-0.3, -0.25) is 38.9 Å². The van der Waals surface area contributed by atoms with E-state index in [2.05, 4.69) is 85.0 Å². The molecule has 3 aromatic rings. The van der Waals surface area contributed by atoms with Crippen LogP contribution in [0.4, 0.5) is 17.1 Å². The fraction of sp³-hybridized carbons (Fsp3) is 0.580. The van der Waals surface area contributed by atoms with Crippen LogP contribution in [0.2, 0.25) is 0 Å². The first-order chi connectivity index (χ1) is 32.1. The van der Waals surface area contributed by atoms with E-state index in [9.17, 15) is 19.2 Å². The highest BCUT2D eigenvalue weighted by Crippen LogP contribution is 2.40. The lowest BCUT2D eigenvalue weighted by Gasteiger charge is -2.41. The number of nitrogens with one attached hydrogen (secondary N) is 4. The van der Waals surface area contributed by atoms with Gasteiger partial charge in [0.1, 0.15) is 24.7 Å². The molecule has 350 valence electrons. The number of nitrogens with zero attached hydrogens (tertiary/aromatic N) is 8. The number of carbonyl (C=O) groups excluding carboxylic acids is 2. The van der Waals surface area contributed by atoms with Crippen molar-refractivity contribution in [3.8, 4) is 0 Å². The molecule has 8 heterocycles. The zero-order valence-electron chi connectivity index (χ0n) is 38.9. The van der Waals surface area contributed by atoms with E-state index in [-0.39, 0.29) is 34.9 Å². The van der Waals surface area contributed by atoms with Gasteiger partial charge in [-0.1, -0.05) is 6.08 Å². The molecule has 7 aliphatic rings. The highest BCUT2D eigenvalue weighted by Gasteiger charge is 2.37. The Morgan fingerprint density at radius 1 is 0.833 bits per heavy atom. The largest absolute Gasteiger partial charge is 0.374 e. The molecule has 2 saturated carbocycles. The maximum absolute atomic E-state index is 13.7. The molecule has 6 atom stereocenters. The van der Waals surface area contributed by atoms with Crippen LogP contribution in [0.3, 0.4) is 0 Å². The normalized spacial score (nSPS) is 27.3. The third-order valence-electron chi connectivity index (χ3n) is 16.0. The fourth-order valence-corrected chi connectivity index (χ4v) is 12.2. The van der Waals surface area contributed by atoms with Gasteiger partial charge in [0.05, 0.1) is 17.4 Å². The van der Waals surface area contributed by atoms with Gasteiger partial charge in [-0.25, -0.2) is 9.56 Å². The first-order valence-electron chi connectivity index (χ1n) is 24.6. The van der Waals surface area contributed by atoms with Crippen LogP contribution < -0.4 is 31.6 Å². The number of aliphatic imine (C=N–C) groups is 1. The molecule has 2 aliphatic carbocycles. The van der Waals surface area contributed by atoms with Gasteiger partial charge in [-0.05, 0) is 81.9 Å². The highest BCUT2D eigenvalue weighted by molar-refractivity contribution is 5.95. The smallest absolute Gasteiger partial charge is 0.269 e. The van der Waals surface area contributed by atoms with Crippen molar-refractivity contribution in [1.29, 1.82) is 0 Å². The molecule has 66 heavy (non-hydrogen) atoms. The average Bonchev–Trinajstić information content (AvgIpc) is 4.06. The van der Waals surface area contributed by atoms with Gasteiger partial charge in [0.25, 0.3) is 22.9 Å². The van der Waals surface area contributed by atoms with E-state index in [1.807, 2.05) is 37.7 Å². The number of likely N-dealkylation sites (N-methyl/N-ethyl adjacent to an activating group) is 1. The van der Waals surface area contributed by atoms with Crippen LogP contribution in [0.5, 0.6) is 0 Å². The molecule has 2 saturated heterocycles. The Kier molecular flexibility index (Phi) is 12.8. The maximum atomic E-state index is 13.7. The summed E-state index contributed by atoms with van der Waals surface area (Å²) in [5, 5.41) is 5.77. The number of aromatic amines is 2. The van der Waals surface area contributed by atoms with Crippen LogP contribution in [0.1, 0.15) is 96.2 Å². The molecular formula is C50H67N12O4+. The number of anilines is 2. The summed E-state index contributed by atoms with van der Waals surface area (Å²) in [7, 11) is 5.73. The van der Waals surface area contributed by atoms with E-state index in [1.54, 1.807) is 7.05 Å². The summed E-state index contributed by atoms with van der Waals surface area (Å²) in [5.74, 6) is 0.476. The number of H-pyrrole nitrogens is 2. The number of hydrogen-bond acceptors (Lipinski definition) is 11. The summed E-state index contributed by atoms with van der Waals surface area (Å²) in [4.78, 5) is 79.6. The third kappa shape index (κ3) is 9.15. The second kappa shape index (κ2) is 19.0. The van der Waals surface area contributed by atoms with Gasteiger partial charge in [0, 0.05) is 151 Å². The Morgan fingerprint density at radius 3 is 2.15 bits per heavy atom. The van der Waals surface area contributed by atoms with Crippen molar-refractivity contribution in [3.05, 3.63) is 91.2 Å². The molecule has 2 amide bonds. The first-order valence-corrected chi connectivity index (χ1v) is 24.6. The lowest BCUT2D eigenvalue weighted by Crippen LogP contribution is -2.53. The van der Waals surface area contributed by atoms with Crippen LogP contribution >= 0.6 is 0 Å². The van der Waals surface area contributed by atoms with Gasteiger partial charge in [-0.2, -0.15) is 0 Å². The van der Waals surface area contributed by atoms with Crippen molar-refractivity contribution < 1.29 is 14.2 Å². The molecule has 16 nitrogen and oxygen atoms in total. The van der Waals surface area contributed by atoms with Crippen molar-refractivity contribution >= 4 is 41.3 Å². The van der Waals surface area contributed by atoms with Crippen LogP contribution in [0.25, 0.3) is 0 Å². The number of rotatable bonds is 10. The van der Waals surface area contributed by atoms with Crippen LogP contribution in [0.15, 0.2) is 56.8 Å². The fourth-order valence-electron chi connectivity index (χ4n) is 12.2. The van der Waals surface area contributed by atoms with Crippen molar-refractivity contribution in [2.24, 2.45) is 10.9 Å². The Morgan fingerprint density at radius 2 is 1.50 bits per heavy atom. The highest BCUT2D eigenvalue weighted by atomic mass is 16.2. The topological polar surface area (TPSA) is 168 Å². The molecule has 5 aliphatic heterocycles. The minimum absolute atomic E-state index is 0.00871. The van der Waals surface area contributed by atoms with Crippen molar-refractivity contribution in [3.63, 3.8) is 0 Å². The molecular weight excluding hydrogens is 833 g/mol.